The molecule has 0 aliphatic carbocycles. The zero-order chi connectivity index (χ0) is 10.1. The standard InChI is InChI=1S/C11H24N2/c1-9-8-10(12-5)6-7-13(9)11(2,3)4/h9-10,12H,6-8H2,1-5H3/t9-,10?/m0/s1. The monoisotopic (exact) mass is 184 g/mol. The molecule has 1 rings (SSSR count). The summed E-state index contributed by atoms with van der Waals surface area (Å²) in [5.41, 5.74) is 0.331. The van der Waals surface area contributed by atoms with E-state index >= 15 is 0 Å². The van der Waals surface area contributed by atoms with Crippen LogP contribution in [-0.4, -0.2) is 36.1 Å². The van der Waals surface area contributed by atoms with Crippen LogP contribution >= 0.6 is 0 Å². The highest BCUT2D eigenvalue weighted by atomic mass is 15.2. The Labute approximate surface area is 82.7 Å². The van der Waals surface area contributed by atoms with Crippen LogP contribution < -0.4 is 5.32 Å². The second-order valence-corrected chi connectivity index (χ2v) is 5.22. The number of nitrogens with one attached hydrogen (secondary N) is 1. The minimum Gasteiger partial charge on any atom is -0.317 e. The molecule has 0 bridgehead atoms. The Morgan fingerprint density at radius 2 is 1.92 bits per heavy atom. The molecule has 2 nitrogen and oxygen atoms in total. The van der Waals surface area contributed by atoms with Crippen molar-refractivity contribution in [3.8, 4) is 0 Å². The molecule has 0 spiro atoms. The second-order valence-electron chi connectivity index (χ2n) is 5.22. The molecule has 0 amide bonds. The van der Waals surface area contributed by atoms with Crippen LogP contribution in [0.4, 0.5) is 0 Å². The van der Waals surface area contributed by atoms with Crippen LogP contribution in [-0.2, 0) is 0 Å². The summed E-state index contributed by atoms with van der Waals surface area (Å²) >= 11 is 0. The predicted octanol–water partition coefficient (Wildman–Crippen LogP) is 1.86. The van der Waals surface area contributed by atoms with Gasteiger partial charge in [-0.2, -0.15) is 0 Å². The molecule has 0 saturated carbocycles. The molecule has 1 saturated heterocycles. The van der Waals surface area contributed by atoms with Gasteiger partial charge < -0.3 is 5.32 Å². The molecule has 1 heterocycles. The summed E-state index contributed by atoms with van der Waals surface area (Å²) in [6.45, 7) is 10.5. The van der Waals surface area contributed by atoms with Gasteiger partial charge in [-0.3, -0.25) is 4.90 Å². The normalized spacial score (nSPS) is 32.1. The van der Waals surface area contributed by atoms with Crippen molar-refractivity contribution in [1.29, 1.82) is 0 Å². The number of rotatable bonds is 1. The van der Waals surface area contributed by atoms with Gasteiger partial charge in [0.2, 0.25) is 0 Å². The molecule has 0 radical (unpaired) electrons. The third-order valence-electron chi connectivity index (χ3n) is 3.15. The minimum absolute atomic E-state index is 0.331. The topological polar surface area (TPSA) is 15.3 Å². The van der Waals surface area contributed by atoms with Gasteiger partial charge in [0.15, 0.2) is 0 Å². The van der Waals surface area contributed by atoms with Gasteiger partial charge in [-0.25, -0.2) is 0 Å². The summed E-state index contributed by atoms with van der Waals surface area (Å²) in [7, 11) is 2.07. The number of likely N-dealkylation sites (tertiary alicyclic amines) is 1. The van der Waals surface area contributed by atoms with Crippen molar-refractivity contribution < 1.29 is 0 Å². The van der Waals surface area contributed by atoms with Crippen molar-refractivity contribution in [1.82, 2.24) is 10.2 Å². The maximum atomic E-state index is 3.38. The molecule has 2 heteroatoms. The van der Waals surface area contributed by atoms with Crippen molar-refractivity contribution in [2.45, 2.75) is 58.2 Å². The SMILES string of the molecule is CNC1CCN(C(C)(C)C)[C@@H](C)C1. The maximum absolute atomic E-state index is 3.38. The van der Waals surface area contributed by atoms with E-state index in [9.17, 15) is 0 Å². The molecule has 1 aliphatic heterocycles. The highest BCUT2D eigenvalue weighted by Gasteiger charge is 2.31. The van der Waals surface area contributed by atoms with Gasteiger partial charge in [-0.15, -0.1) is 0 Å². The predicted molar refractivity (Wildman–Crippen MR) is 58.0 cm³/mol. The molecular weight excluding hydrogens is 160 g/mol. The van der Waals surface area contributed by atoms with Crippen LogP contribution in [0.1, 0.15) is 40.5 Å². The van der Waals surface area contributed by atoms with Gasteiger partial charge in [0, 0.05) is 24.2 Å². The van der Waals surface area contributed by atoms with Crippen LogP contribution in [0.2, 0.25) is 0 Å². The van der Waals surface area contributed by atoms with Crippen LogP contribution in [0.3, 0.4) is 0 Å². The second kappa shape index (κ2) is 3.97. The van der Waals surface area contributed by atoms with E-state index in [0.717, 1.165) is 6.04 Å². The van der Waals surface area contributed by atoms with E-state index < -0.39 is 0 Å². The summed E-state index contributed by atoms with van der Waals surface area (Å²) < 4.78 is 0. The lowest BCUT2D eigenvalue weighted by molar-refractivity contribution is 0.0491. The van der Waals surface area contributed by atoms with Crippen molar-refractivity contribution in [3.05, 3.63) is 0 Å². The van der Waals surface area contributed by atoms with Crippen molar-refractivity contribution in [2.24, 2.45) is 0 Å². The molecule has 78 valence electrons. The Morgan fingerprint density at radius 1 is 1.31 bits per heavy atom. The molecule has 0 aromatic carbocycles. The Bertz CT molecular complexity index is 160. The van der Waals surface area contributed by atoms with Gasteiger partial charge in [-0.1, -0.05) is 0 Å². The van der Waals surface area contributed by atoms with Gasteiger partial charge in [-0.05, 0) is 47.6 Å². The summed E-state index contributed by atoms with van der Waals surface area (Å²) in [5, 5.41) is 3.38. The fourth-order valence-corrected chi connectivity index (χ4v) is 2.43. The molecule has 0 aromatic heterocycles. The van der Waals surface area contributed by atoms with Gasteiger partial charge in [0.25, 0.3) is 0 Å². The maximum Gasteiger partial charge on any atom is 0.0127 e. The summed E-state index contributed by atoms with van der Waals surface area (Å²) in [6, 6.07) is 1.44. The molecule has 1 fully saturated rings. The first-order valence-corrected chi connectivity index (χ1v) is 5.39. The first kappa shape index (κ1) is 11.0. The Balaban J connectivity index is 2.53. The summed E-state index contributed by atoms with van der Waals surface area (Å²) in [5.74, 6) is 0. The fourth-order valence-electron chi connectivity index (χ4n) is 2.43. The van der Waals surface area contributed by atoms with E-state index in [-0.39, 0.29) is 0 Å². The fraction of sp³-hybridized carbons (Fsp3) is 1.00. The van der Waals surface area contributed by atoms with E-state index in [1.807, 2.05) is 0 Å². The lowest BCUT2D eigenvalue weighted by Crippen LogP contribution is -2.54. The van der Waals surface area contributed by atoms with Crippen molar-refractivity contribution in [2.75, 3.05) is 13.6 Å². The zero-order valence-corrected chi connectivity index (χ0v) is 9.72. The highest BCUT2D eigenvalue weighted by molar-refractivity contribution is 4.88. The van der Waals surface area contributed by atoms with E-state index in [2.05, 4.69) is 45.0 Å². The average molecular weight is 184 g/mol. The lowest BCUT2D eigenvalue weighted by Gasteiger charge is -2.45. The number of nitrogens with zero attached hydrogens (tertiary/aromatic N) is 1. The van der Waals surface area contributed by atoms with E-state index in [0.29, 0.717) is 11.6 Å². The molecule has 1 N–H and O–H groups in total. The Morgan fingerprint density at radius 3 is 2.31 bits per heavy atom. The molecule has 2 atom stereocenters. The number of hydrogen-bond donors (Lipinski definition) is 1. The van der Waals surface area contributed by atoms with Gasteiger partial charge in [0.05, 0.1) is 0 Å². The molecule has 0 aromatic rings. The number of piperidine rings is 1. The van der Waals surface area contributed by atoms with Crippen LogP contribution in [0, 0.1) is 0 Å². The van der Waals surface area contributed by atoms with Crippen LogP contribution in [0.15, 0.2) is 0 Å². The number of hydrogen-bond acceptors (Lipinski definition) is 2. The quantitative estimate of drug-likeness (QED) is 0.669. The third-order valence-corrected chi connectivity index (χ3v) is 3.15. The van der Waals surface area contributed by atoms with Gasteiger partial charge >= 0.3 is 0 Å². The first-order valence-electron chi connectivity index (χ1n) is 5.39. The molecule has 1 unspecified atom stereocenters. The van der Waals surface area contributed by atoms with E-state index in [4.69, 9.17) is 0 Å². The lowest BCUT2D eigenvalue weighted by atomic mass is 9.93. The van der Waals surface area contributed by atoms with Crippen LogP contribution in [0.5, 0.6) is 0 Å². The molecule has 1 aliphatic rings. The van der Waals surface area contributed by atoms with E-state index in [1.165, 1.54) is 19.4 Å². The third kappa shape index (κ3) is 2.68. The largest absolute Gasteiger partial charge is 0.317 e. The molecule has 13 heavy (non-hydrogen) atoms. The molecular formula is C11H24N2. The van der Waals surface area contributed by atoms with E-state index in [1.54, 1.807) is 0 Å². The zero-order valence-electron chi connectivity index (χ0n) is 9.72. The minimum atomic E-state index is 0.331. The van der Waals surface area contributed by atoms with Crippen molar-refractivity contribution in [3.63, 3.8) is 0 Å². The first-order chi connectivity index (χ1) is 5.95. The Kier molecular flexibility index (Phi) is 3.36. The highest BCUT2D eigenvalue weighted by Crippen LogP contribution is 2.25. The smallest absolute Gasteiger partial charge is 0.0127 e. The van der Waals surface area contributed by atoms with Crippen LogP contribution in [0.25, 0.3) is 0 Å². The Hall–Kier alpha value is -0.0800. The average Bonchev–Trinajstić information content (AvgIpc) is 2.01. The van der Waals surface area contributed by atoms with Gasteiger partial charge in [0.1, 0.15) is 0 Å². The van der Waals surface area contributed by atoms with Crippen molar-refractivity contribution >= 4 is 0 Å². The summed E-state index contributed by atoms with van der Waals surface area (Å²) in [6.07, 6.45) is 2.58. The summed E-state index contributed by atoms with van der Waals surface area (Å²) in [4.78, 5) is 2.61.